The van der Waals surface area contributed by atoms with Crippen LogP contribution >= 0.6 is 0 Å². The number of sulfonamides is 1. The molecule has 1 aromatic rings. The summed E-state index contributed by atoms with van der Waals surface area (Å²) in [6, 6.07) is 5.43. The molecule has 0 unspecified atom stereocenters. The quantitative estimate of drug-likeness (QED) is 0.842. The summed E-state index contributed by atoms with van der Waals surface area (Å²) in [7, 11) is -3.36. The number of nitrogens with one attached hydrogen (secondary N) is 1. The lowest BCUT2D eigenvalue weighted by Gasteiger charge is -2.15. The number of benzene rings is 1. The summed E-state index contributed by atoms with van der Waals surface area (Å²) in [5, 5.41) is 0. The summed E-state index contributed by atoms with van der Waals surface area (Å²) in [6.07, 6.45) is 4.95. The number of ether oxygens (including phenoxy) is 1. The fraction of sp³-hybridized carbons (Fsp3) is 0.571. The molecule has 2 rings (SSSR count). The van der Waals surface area contributed by atoms with Gasteiger partial charge >= 0.3 is 0 Å². The number of aryl methyl sites for hydroxylation is 1. The third-order valence-corrected chi connectivity index (χ3v) is 4.76. The Hall–Kier alpha value is -1.27. The average Bonchev–Trinajstić information content (AvgIpc) is 2.85. The SMILES string of the molecule is Cc1cc(OC2CCCC2)ccc1NS(=O)(=O)CCN. The van der Waals surface area contributed by atoms with Crippen LogP contribution in [0.5, 0.6) is 5.75 Å². The molecule has 5 nitrogen and oxygen atoms in total. The molecule has 0 saturated heterocycles. The number of anilines is 1. The monoisotopic (exact) mass is 298 g/mol. The van der Waals surface area contributed by atoms with E-state index in [0.717, 1.165) is 24.2 Å². The second-order valence-corrected chi connectivity index (χ2v) is 7.05. The van der Waals surface area contributed by atoms with E-state index in [4.69, 9.17) is 10.5 Å². The van der Waals surface area contributed by atoms with E-state index in [-0.39, 0.29) is 12.3 Å². The van der Waals surface area contributed by atoms with Gasteiger partial charge in [-0.25, -0.2) is 8.42 Å². The van der Waals surface area contributed by atoms with Crippen LogP contribution < -0.4 is 15.2 Å². The number of rotatable bonds is 6. The van der Waals surface area contributed by atoms with E-state index in [9.17, 15) is 8.42 Å². The van der Waals surface area contributed by atoms with E-state index in [2.05, 4.69) is 4.72 Å². The van der Waals surface area contributed by atoms with Crippen molar-refractivity contribution in [3.8, 4) is 5.75 Å². The third kappa shape index (κ3) is 4.11. The molecule has 0 heterocycles. The molecule has 0 bridgehead atoms. The zero-order valence-corrected chi connectivity index (χ0v) is 12.6. The second-order valence-electron chi connectivity index (χ2n) is 5.21. The standard InChI is InChI=1S/C14H22N2O3S/c1-11-10-13(19-12-4-2-3-5-12)6-7-14(11)16-20(17,18)9-8-15/h6-7,10,12,16H,2-5,8-9,15H2,1H3. The smallest absolute Gasteiger partial charge is 0.233 e. The van der Waals surface area contributed by atoms with Crippen LogP contribution in [0.2, 0.25) is 0 Å². The minimum Gasteiger partial charge on any atom is -0.490 e. The summed E-state index contributed by atoms with van der Waals surface area (Å²) in [6.45, 7) is 1.97. The number of nitrogens with two attached hydrogens (primary N) is 1. The molecule has 0 radical (unpaired) electrons. The van der Waals surface area contributed by atoms with Crippen LogP contribution in [0, 0.1) is 6.92 Å². The molecule has 1 saturated carbocycles. The Morgan fingerprint density at radius 3 is 2.65 bits per heavy atom. The van der Waals surface area contributed by atoms with Gasteiger partial charge in [0, 0.05) is 6.54 Å². The van der Waals surface area contributed by atoms with Crippen molar-refractivity contribution in [2.45, 2.75) is 38.7 Å². The molecule has 1 aliphatic carbocycles. The Balaban J connectivity index is 2.05. The molecule has 0 aliphatic heterocycles. The minimum absolute atomic E-state index is 0.0766. The Morgan fingerprint density at radius 2 is 2.05 bits per heavy atom. The lowest BCUT2D eigenvalue weighted by Crippen LogP contribution is -2.22. The zero-order valence-electron chi connectivity index (χ0n) is 11.8. The average molecular weight is 298 g/mol. The summed E-state index contributed by atoms with van der Waals surface area (Å²) < 4.78 is 31.8. The topological polar surface area (TPSA) is 81.4 Å². The molecule has 0 spiro atoms. The first-order chi connectivity index (χ1) is 9.50. The van der Waals surface area contributed by atoms with Gasteiger partial charge in [0.25, 0.3) is 0 Å². The largest absolute Gasteiger partial charge is 0.490 e. The lowest BCUT2D eigenvalue weighted by molar-refractivity contribution is 0.210. The van der Waals surface area contributed by atoms with E-state index >= 15 is 0 Å². The predicted octanol–water partition coefficient (Wildman–Crippen LogP) is 2.02. The number of hydrogen-bond donors (Lipinski definition) is 2. The van der Waals surface area contributed by atoms with Crippen LogP contribution in [0.3, 0.4) is 0 Å². The highest BCUT2D eigenvalue weighted by Gasteiger charge is 2.17. The highest BCUT2D eigenvalue weighted by atomic mass is 32.2. The van der Waals surface area contributed by atoms with Gasteiger partial charge in [0.2, 0.25) is 10.0 Å². The van der Waals surface area contributed by atoms with Crippen molar-refractivity contribution in [2.75, 3.05) is 17.0 Å². The van der Waals surface area contributed by atoms with Crippen LogP contribution in [-0.2, 0) is 10.0 Å². The third-order valence-electron chi connectivity index (χ3n) is 3.45. The van der Waals surface area contributed by atoms with E-state index < -0.39 is 10.0 Å². The molecule has 1 aliphatic rings. The Bertz CT molecular complexity index is 552. The van der Waals surface area contributed by atoms with Crippen molar-refractivity contribution in [3.63, 3.8) is 0 Å². The fourth-order valence-corrected chi connectivity index (χ4v) is 3.37. The first-order valence-electron chi connectivity index (χ1n) is 6.98. The second kappa shape index (κ2) is 6.45. The van der Waals surface area contributed by atoms with Crippen molar-refractivity contribution in [3.05, 3.63) is 23.8 Å². The van der Waals surface area contributed by atoms with Gasteiger partial charge in [0.1, 0.15) is 5.75 Å². The normalized spacial score (nSPS) is 16.3. The van der Waals surface area contributed by atoms with E-state index in [1.807, 2.05) is 19.1 Å². The highest BCUT2D eigenvalue weighted by molar-refractivity contribution is 7.92. The molecule has 6 heteroatoms. The van der Waals surface area contributed by atoms with Gasteiger partial charge in [-0.1, -0.05) is 0 Å². The molecular formula is C14H22N2O3S. The molecule has 1 aromatic carbocycles. The summed E-state index contributed by atoms with van der Waals surface area (Å²) in [4.78, 5) is 0. The van der Waals surface area contributed by atoms with Crippen LogP contribution in [0.15, 0.2) is 18.2 Å². The van der Waals surface area contributed by atoms with E-state index in [1.54, 1.807) is 6.07 Å². The van der Waals surface area contributed by atoms with Crippen LogP contribution in [-0.4, -0.2) is 26.8 Å². The molecule has 112 valence electrons. The maximum atomic E-state index is 11.7. The van der Waals surface area contributed by atoms with Gasteiger partial charge in [-0.05, 0) is 56.4 Å². The fourth-order valence-electron chi connectivity index (χ4n) is 2.40. The Labute approximate surface area is 120 Å². The molecular weight excluding hydrogens is 276 g/mol. The van der Waals surface area contributed by atoms with Gasteiger partial charge in [-0.3, -0.25) is 4.72 Å². The first-order valence-corrected chi connectivity index (χ1v) is 8.63. The van der Waals surface area contributed by atoms with Gasteiger partial charge in [-0.2, -0.15) is 0 Å². The summed E-state index contributed by atoms with van der Waals surface area (Å²) in [5.41, 5.74) is 6.71. The lowest BCUT2D eigenvalue weighted by atomic mass is 10.2. The number of hydrogen-bond acceptors (Lipinski definition) is 4. The van der Waals surface area contributed by atoms with Crippen molar-refractivity contribution < 1.29 is 13.2 Å². The van der Waals surface area contributed by atoms with E-state index in [1.165, 1.54) is 12.8 Å². The molecule has 3 N–H and O–H groups in total. The zero-order chi connectivity index (χ0) is 14.6. The minimum atomic E-state index is -3.36. The van der Waals surface area contributed by atoms with Crippen molar-refractivity contribution in [2.24, 2.45) is 5.73 Å². The van der Waals surface area contributed by atoms with Gasteiger partial charge in [0.05, 0.1) is 17.5 Å². The van der Waals surface area contributed by atoms with Gasteiger partial charge in [0.15, 0.2) is 0 Å². The Morgan fingerprint density at radius 1 is 1.35 bits per heavy atom. The van der Waals surface area contributed by atoms with Crippen LogP contribution in [0.4, 0.5) is 5.69 Å². The highest BCUT2D eigenvalue weighted by Crippen LogP contribution is 2.27. The van der Waals surface area contributed by atoms with Gasteiger partial charge < -0.3 is 10.5 Å². The van der Waals surface area contributed by atoms with Crippen LogP contribution in [0.1, 0.15) is 31.2 Å². The molecule has 1 fully saturated rings. The molecule has 20 heavy (non-hydrogen) atoms. The molecule has 0 atom stereocenters. The summed E-state index contributed by atoms with van der Waals surface area (Å²) in [5.74, 6) is 0.725. The van der Waals surface area contributed by atoms with Crippen molar-refractivity contribution in [1.29, 1.82) is 0 Å². The van der Waals surface area contributed by atoms with Crippen molar-refractivity contribution >= 4 is 15.7 Å². The van der Waals surface area contributed by atoms with Crippen molar-refractivity contribution in [1.82, 2.24) is 0 Å². The van der Waals surface area contributed by atoms with E-state index in [0.29, 0.717) is 11.8 Å². The van der Waals surface area contributed by atoms with Crippen LogP contribution in [0.25, 0.3) is 0 Å². The molecule has 0 amide bonds. The van der Waals surface area contributed by atoms with Gasteiger partial charge in [-0.15, -0.1) is 0 Å². The Kier molecular flexibility index (Phi) is 4.88. The summed E-state index contributed by atoms with van der Waals surface area (Å²) >= 11 is 0. The first kappa shape index (κ1) is 15.1. The maximum Gasteiger partial charge on any atom is 0.233 e. The molecule has 0 aromatic heterocycles. The predicted molar refractivity (Wildman–Crippen MR) is 80.5 cm³/mol. The maximum absolute atomic E-state index is 11.7.